The minimum Gasteiger partial charge on any atom is -0.371 e. The van der Waals surface area contributed by atoms with Gasteiger partial charge in [0.05, 0.1) is 6.42 Å². The number of carbonyl (C=O) groups is 2. The second-order valence-electron chi connectivity index (χ2n) is 8.00. The Morgan fingerprint density at radius 1 is 0.839 bits per heavy atom. The van der Waals surface area contributed by atoms with E-state index in [9.17, 15) is 9.59 Å². The highest BCUT2D eigenvalue weighted by molar-refractivity contribution is 5.92. The van der Waals surface area contributed by atoms with E-state index in [2.05, 4.69) is 22.3 Å². The van der Waals surface area contributed by atoms with Gasteiger partial charge in [0.2, 0.25) is 11.8 Å². The molecular formula is C26H27N3O2. The molecule has 0 saturated carbocycles. The van der Waals surface area contributed by atoms with E-state index in [0.29, 0.717) is 6.42 Å². The molecule has 0 aromatic heterocycles. The molecule has 1 heterocycles. The molecule has 1 saturated heterocycles. The van der Waals surface area contributed by atoms with Crippen LogP contribution in [0.1, 0.15) is 18.4 Å². The van der Waals surface area contributed by atoms with E-state index in [-0.39, 0.29) is 17.7 Å². The molecule has 158 valence electrons. The summed E-state index contributed by atoms with van der Waals surface area (Å²) >= 11 is 0. The molecule has 4 rings (SSSR count). The van der Waals surface area contributed by atoms with Gasteiger partial charge in [-0.15, -0.1) is 0 Å². The van der Waals surface area contributed by atoms with E-state index >= 15 is 0 Å². The monoisotopic (exact) mass is 413 g/mol. The van der Waals surface area contributed by atoms with E-state index in [1.165, 1.54) is 0 Å². The fourth-order valence-electron chi connectivity index (χ4n) is 4.01. The minimum absolute atomic E-state index is 0.0171. The standard InChI is InChI=1S/C26H27N3O2/c27-26(31)22-14-16-29(17-15-22)24-12-10-23(11-13-24)28-25(30)18-19-6-8-21(9-7-19)20-4-2-1-3-5-20/h1-13,22H,14-18H2,(H2,27,31)(H,28,30). The van der Waals surface area contributed by atoms with Crippen LogP contribution in [0.5, 0.6) is 0 Å². The molecule has 31 heavy (non-hydrogen) atoms. The molecule has 3 N–H and O–H groups in total. The number of primary amides is 1. The van der Waals surface area contributed by atoms with Crippen molar-refractivity contribution >= 4 is 23.2 Å². The van der Waals surface area contributed by atoms with Crippen molar-refractivity contribution in [3.8, 4) is 11.1 Å². The molecule has 3 aromatic carbocycles. The van der Waals surface area contributed by atoms with Crippen LogP contribution < -0.4 is 16.0 Å². The molecule has 0 bridgehead atoms. The molecule has 2 amide bonds. The summed E-state index contributed by atoms with van der Waals surface area (Å²) in [5.41, 5.74) is 10.6. The van der Waals surface area contributed by atoms with E-state index in [1.807, 2.05) is 66.7 Å². The van der Waals surface area contributed by atoms with E-state index in [1.54, 1.807) is 0 Å². The molecule has 0 spiro atoms. The van der Waals surface area contributed by atoms with Gasteiger partial charge in [-0.2, -0.15) is 0 Å². The molecule has 5 nitrogen and oxygen atoms in total. The highest BCUT2D eigenvalue weighted by atomic mass is 16.2. The summed E-state index contributed by atoms with van der Waals surface area (Å²) in [5, 5.41) is 2.97. The Labute approximate surface area is 182 Å². The molecule has 5 heteroatoms. The number of nitrogens with one attached hydrogen (secondary N) is 1. The van der Waals surface area contributed by atoms with Gasteiger partial charge in [-0.1, -0.05) is 54.6 Å². The zero-order valence-electron chi connectivity index (χ0n) is 17.5. The molecule has 1 aliphatic rings. The molecular weight excluding hydrogens is 386 g/mol. The SMILES string of the molecule is NC(=O)C1CCN(c2ccc(NC(=O)Cc3ccc(-c4ccccc4)cc3)cc2)CC1. The number of carbonyl (C=O) groups excluding carboxylic acids is 2. The summed E-state index contributed by atoms with van der Waals surface area (Å²) in [6.07, 6.45) is 1.91. The smallest absolute Gasteiger partial charge is 0.228 e. The van der Waals surface area contributed by atoms with Crippen molar-refractivity contribution < 1.29 is 9.59 Å². The Morgan fingerprint density at radius 3 is 2.06 bits per heavy atom. The lowest BCUT2D eigenvalue weighted by Gasteiger charge is -2.32. The molecule has 0 aliphatic carbocycles. The summed E-state index contributed by atoms with van der Waals surface area (Å²) in [6.45, 7) is 1.64. The van der Waals surface area contributed by atoms with Gasteiger partial charge in [0.25, 0.3) is 0 Å². The van der Waals surface area contributed by atoms with Gasteiger partial charge in [-0.3, -0.25) is 9.59 Å². The highest BCUT2D eigenvalue weighted by Crippen LogP contribution is 2.25. The lowest BCUT2D eigenvalue weighted by Crippen LogP contribution is -2.38. The number of hydrogen-bond acceptors (Lipinski definition) is 3. The number of nitrogens with zero attached hydrogens (tertiary/aromatic N) is 1. The number of nitrogens with two attached hydrogens (primary N) is 1. The number of benzene rings is 3. The number of piperidine rings is 1. The van der Waals surface area contributed by atoms with Gasteiger partial charge in [0, 0.05) is 30.4 Å². The third-order valence-electron chi connectivity index (χ3n) is 5.84. The van der Waals surface area contributed by atoms with Crippen LogP contribution in [-0.4, -0.2) is 24.9 Å². The van der Waals surface area contributed by atoms with Crippen molar-refractivity contribution in [3.05, 3.63) is 84.4 Å². The number of hydrogen-bond donors (Lipinski definition) is 2. The summed E-state index contributed by atoms with van der Waals surface area (Å²) in [4.78, 5) is 26.0. The number of amides is 2. The predicted molar refractivity (Wildman–Crippen MR) is 125 cm³/mol. The summed E-state index contributed by atoms with van der Waals surface area (Å²) in [6, 6.07) is 26.2. The van der Waals surface area contributed by atoms with Crippen molar-refractivity contribution in [2.45, 2.75) is 19.3 Å². The first-order valence-electron chi connectivity index (χ1n) is 10.7. The Kier molecular flexibility index (Phi) is 6.32. The maximum atomic E-state index is 12.5. The van der Waals surface area contributed by atoms with Crippen molar-refractivity contribution in [1.82, 2.24) is 0 Å². The predicted octanol–water partition coefficient (Wildman–Crippen LogP) is 4.24. The molecule has 1 aliphatic heterocycles. The van der Waals surface area contributed by atoms with Gasteiger partial charge in [0.15, 0.2) is 0 Å². The fraction of sp³-hybridized carbons (Fsp3) is 0.231. The summed E-state index contributed by atoms with van der Waals surface area (Å²) in [7, 11) is 0. The first-order valence-corrected chi connectivity index (χ1v) is 10.7. The van der Waals surface area contributed by atoms with Crippen LogP contribution in [-0.2, 0) is 16.0 Å². The van der Waals surface area contributed by atoms with Crippen molar-refractivity contribution in [2.24, 2.45) is 11.7 Å². The van der Waals surface area contributed by atoms with Crippen molar-refractivity contribution in [2.75, 3.05) is 23.3 Å². The van der Waals surface area contributed by atoms with E-state index < -0.39 is 0 Å². The molecule has 0 radical (unpaired) electrons. The van der Waals surface area contributed by atoms with Gasteiger partial charge in [-0.05, 0) is 53.8 Å². The quantitative estimate of drug-likeness (QED) is 0.635. The highest BCUT2D eigenvalue weighted by Gasteiger charge is 2.23. The van der Waals surface area contributed by atoms with Crippen LogP contribution in [0, 0.1) is 5.92 Å². The third-order valence-corrected chi connectivity index (χ3v) is 5.84. The van der Waals surface area contributed by atoms with Crippen molar-refractivity contribution in [1.29, 1.82) is 0 Å². The molecule has 0 unspecified atom stereocenters. The van der Waals surface area contributed by atoms with Crippen LogP contribution in [0.4, 0.5) is 11.4 Å². The maximum Gasteiger partial charge on any atom is 0.228 e. The second-order valence-corrected chi connectivity index (χ2v) is 8.00. The Bertz CT molecular complexity index is 1020. The zero-order chi connectivity index (χ0) is 21.6. The fourth-order valence-corrected chi connectivity index (χ4v) is 4.01. The lowest BCUT2D eigenvalue weighted by molar-refractivity contribution is -0.122. The average molecular weight is 414 g/mol. The summed E-state index contributed by atoms with van der Waals surface area (Å²) < 4.78 is 0. The zero-order valence-corrected chi connectivity index (χ0v) is 17.5. The first-order chi connectivity index (χ1) is 15.1. The van der Waals surface area contributed by atoms with Crippen LogP contribution in [0.25, 0.3) is 11.1 Å². The van der Waals surface area contributed by atoms with E-state index in [4.69, 9.17) is 5.73 Å². The largest absolute Gasteiger partial charge is 0.371 e. The van der Waals surface area contributed by atoms with Gasteiger partial charge in [0.1, 0.15) is 0 Å². The van der Waals surface area contributed by atoms with Gasteiger partial charge >= 0.3 is 0 Å². The van der Waals surface area contributed by atoms with Crippen LogP contribution in [0.15, 0.2) is 78.9 Å². The normalized spacial score (nSPS) is 14.3. The maximum absolute atomic E-state index is 12.5. The van der Waals surface area contributed by atoms with E-state index in [0.717, 1.165) is 54.0 Å². The third kappa shape index (κ3) is 5.31. The average Bonchev–Trinajstić information content (AvgIpc) is 2.81. The van der Waals surface area contributed by atoms with Gasteiger partial charge in [-0.25, -0.2) is 0 Å². The number of anilines is 2. The Morgan fingerprint density at radius 2 is 1.45 bits per heavy atom. The van der Waals surface area contributed by atoms with Crippen LogP contribution in [0.2, 0.25) is 0 Å². The summed E-state index contributed by atoms with van der Waals surface area (Å²) in [5.74, 6) is -0.258. The second kappa shape index (κ2) is 9.47. The lowest BCUT2D eigenvalue weighted by atomic mass is 9.96. The molecule has 1 fully saturated rings. The van der Waals surface area contributed by atoms with Crippen molar-refractivity contribution in [3.63, 3.8) is 0 Å². The van der Waals surface area contributed by atoms with Crippen LogP contribution >= 0.6 is 0 Å². The first kappa shape index (κ1) is 20.7. The number of rotatable bonds is 6. The van der Waals surface area contributed by atoms with Crippen LogP contribution in [0.3, 0.4) is 0 Å². The Hall–Kier alpha value is -3.60. The Balaban J connectivity index is 1.30. The topological polar surface area (TPSA) is 75.4 Å². The molecule has 0 atom stereocenters. The minimum atomic E-state index is -0.201. The van der Waals surface area contributed by atoms with Gasteiger partial charge < -0.3 is 16.0 Å². The molecule has 3 aromatic rings.